The van der Waals surface area contributed by atoms with E-state index in [9.17, 15) is 9.59 Å². The van der Waals surface area contributed by atoms with Gasteiger partial charge in [-0.25, -0.2) is 4.98 Å². The Bertz CT molecular complexity index is 773. The Hall–Kier alpha value is -2.02. The molecule has 2 amide bonds. The van der Waals surface area contributed by atoms with Gasteiger partial charge in [0.05, 0.1) is 5.88 Å². The Morgan fingerprint density at radius 2 is 2.25 bits per heavy atom. The van der Waals surface area contributed by atoms with Crippen molar-refractivity contribution in [3.63, 3.8) is 0 Å². The van der Waals surface area contributed by atoms with Gasteiger partial charge in [0.15, 0.2) is 0 Å². The number of hydrogen-bond donors (Lipinski definition) is 1. The van der Waals surface area contributed by atoms with E-state index in [1.807, 2.05) is 43.4 Å². The van der Waals surface area contributed by atoms with Gasteiger partial charge in [-0.1, -0.05) is 13.0 Å². The molecule has 3 rings (SSSR count). The van der Waals surface area contributed by atoms with Crippen LogP contribution in [-0.2, 0) is 4.79 Å². The smallest absolute Gasteiger partial charge is 0.275 e. The second-order valence-electron chi connectivity index (χ2n) is 6.13. The molecule has 1 aliphatic rings. The highest BCUT2D eigenvalue weighted by Gasteiger charge is 2.36. The van der Waals surface area contributed by atoms with Gasteiger partial charge >= 0.3 is 0 Å². The van der Waals surface area contributed by atoms with Gasteiger partial charge in [-0.2, -0.15) is 0 Å². The largest absolute Gasteiger partial charge is 0.352 e. The molecule has 1 saturated heterocycles. The van der Waals surface area contributed by atoms with Gasteiger partial charge in [-0.05, 0) is 32.4 Å². The molecule has 2 atom stereocenters. The molecule has 0 bridgehead atoms. The number of aromatic nitrogens is 2. The third kappa shape index (κ3) is 3.13. The lowest BCUT2D eigenvalue weighted by atomic mass is 10.2. The normalized spacial score (nSPS) is 18.8. The van der Waals surface area contributed by atoms with Gasteiger partial charge in [0.25, 0.3) is 5.91 Å². The highest BCUT2D eigenvalue weighted by Crippen LogP contribution is 2.23. The molecule has 2 aromatic rings. The standard InChI is InChI=1S/C17H22N4O2S/c1-4-11(2)18-16(22)14-9-24-10-21(14)17(23)13-8-20-12(3)6-5-7-15(20)19-13/h5-8,11,14H,4,9-10H2,1-3H3,(H,18,22). The van der Waals surface area contributed by atoms with Crippen LogP contribution in [0.1, 0.15) is 36.5 Å². The zero-order valence-electron chi connectivity index (χ0n) is 14.2. The molecule has 0 saturated carbocycles. The molecule has 2 unspecified atom stereocenters. The molecule has 3 heterocycles. The second-order valence-corrected chi connectivity index (χ2v) is 7.13. The minimum atomic E-state index is -0.428. The zero-order valence-corrected chi connectivity index (χ0v) is 15.0. The Morgan fingerprint density at radius 3 is 2.96 bits per heavy atom. The quantitative estimate of drug-likeness (QED) is 0.920. The predicted octanol–water partition coefficient (Wildman–Crippen LogP) is 2.07. The molecular weight excluding hydrogens is 324 g/mol. The van der Waals surface area contributed by atoms with Crippen LogP contribution in [0.25, 0.3) is 5.65 Å². The van der Waals surface area contributed by atoms with E-state index in [-0.39, 0.29) is 17.9 Å². The van der Waals surface area contributed by atoms with Gasteiger partial charge in [-0.15, -0.1) is 11.8 Å². The molecule has 1 fully saturated rings. The van der Waals surface area contributed by atoms with E-state index in [4.69, 9.17) is 0 Å². The van der Waals surface area contributed by atoms with Crippen LogP contribution in [0.3, 0.4) is 0 Å². The number of thioether (sulfide) groups is 1. The predicted molar refractivity (Wildman–Crippen MR) is 95.1 cm³/mol. The van der Waals surface area contributed by atoms with Crippen LogP contribution in [0.15, 0.2) is 24.4 Å². The van der Waals surface area contributed by atoms with E-state index >= 15 is 0 Å². The van der Waals surface area contributed by atoms with Gasteiger partial charge in [0.2, 0.25) is 5.91 Å². The Balaban J connectivity index is 1.82. The van der Waals surface area contributed by atoms with Crippen molar-refractivity contribution in [2.75, 3.05) is 11.6 Å². The number of rotatable bonds is 4. The summed E-state index contributed by atoms with van der Waals surface area (Å²) in [5.74, 6) is 0.875. The van der Waals surface area contributed by atoms with Gasteiger partial charge < -0.3 is 14.6 Å². The van der Waals surface area contributed by atoms with Gasteiger partial charge in [0.1, 0.15) is 17.4 Å². The maximum absolute atomic E-state index is 12.9. The van der Waals surface area contributed by atoms with Crippen molar-refractivity contribution in [3.8, 4) is 0 Å². The molecule has 2 aromatic heterocycles. The molecule has 7 heteroatoms. The van der Waals surface area contributed by atoms with Crippen LogP contribution in [0.4, 0.5) is 0 Å². The Labute approximate surface area is 145 Å². The molecule has 6 nitrogen and oxygen atoms in total. The number of nitrogens with one attached hydrogen (secondary N) is 1. The number of carbonyl (C=O) groups is 2. The summed E-state index contributed by atoms with van der Waals surface area (Å²) in [6.07, 6.45) is 2.62. The molecule has 0 aliphatic carbocycles. The van der Waals surface area contributed by atoms with Crippen LogP contribution in [-0.4, -0.2) is 49.8 Å². The van der Waals surface area contributed by atoms with Crippen molar-refractivity contribution in [3.05, 3.63) is 35.8 Å². The first-order valence-corrected chi connectivity index (χ1v) is 9.30. The van der Waals surface area contributed by atoms with E-state index < -0.39 is 6.04 Å². The van der Waals surface area contributed by atoms with Crippen LogP contribution in [0.5, 0.6) is 0 Å². The number of fused-ring (bicyclic) bond motifs is 1. The molecule has 0 spiro atoms. The van der Waals surface area contributed by atoms with Crippen molar-refractivity contribution < 1.29 is 9.59 Å². The monoisotopic (exact) mass is 346 g/mol. The summed E-state index contributed by atoms with van der Waals surface area (Å²) in [5, 5.41) is 2.97. The molecule has 24 heavy (non-hydrogen) atoms. The summed E-state index contributed by atoms with van der Waals surface area (Å²) in [6.45, 7) is 5.96. The maximum atomic E-state index is 12.9. The molecule has 0 aromatic carbocycles. The molecule has 0 radical (unpaired) electrons. The SMILES string of the molecule is CCC(C)NC(=O)C1CSCN1C(=O)c1cn2c(C)cccc2n1. The van der Waals surface area contributed by atoms with E-state index in [1.54, 1.807) is 22.9 Å². The first kappa shape index (κ1) is 16.8. The van der Waals surface area contributed by atoms with E-state index in [0.717, 1.165) is 17.8 Å². The summed E-state index contributed by atoms with van der Waals surface area (Å²) in [7, 11) is 0. The van der Waals surface area contributed by atoms with Crippen molar-refractivity contribution in [1.29, 1.82) is 0 Å². The summed E-state index contributed by atoms with van der Waals surface area (Å²) in [4.78, 5) is 31.3. The topological polar surface area (TPSA) is 66.7 Å². The second kappa shape index (κ2) is 6.84. The number of imidazole rings is 1. The fraction of sp³-hybridized carbons (Fsp3) is 0.471. The van der Waals surface area contributed by atoms with E-state index in [0.29, 0.717) is 17.3 Å². The Morgan fingerprint density at radius 1 is 1.46 bits per heavy atom. The van der Waals surface area contributed by atoms with Gasteiger partial charge in [-0.3, -0.25) is 9.59 Å². The molecular formula is C17H22N4O2S. The van der Waals surface area contributed by atoms with Crippen LogP contribution >= 0.6 is 11.8 Å². The van der Waals surface area contributed by atoms with Crippen molar-refractivity contribution >= 4 is 29.2 Å². The fourth-order valence-electron chi connectivity index (χ4n) is 2.70. The number of carbonyl (C=O) groups excluding carboxylic acids is 2. The van der Waals surface area contributed by atoms with Crippen molar-refractivity contribution in [2.24, 2.45) is 0 Å². The Kier molecular flexibility index (Phi) is 4.80. The van der Waals surface area contributed by atoms with Gasteiger partial charge in [0, 0.05) is 23.7 Å². The number of amides is 2. The molecule has 1 aliphatic heterocycles. The third-order valence-corrected chi connectivity index (χ3v) is 5.37. The number of aryl methyl sites for hydroxylation is 1. The summed E-state index contributed by atoms with van der Waals surface area (Å²) < 4.78 is 1.89. The summed E-state index contributed by atoms with van der Waals surface area (Å²) in [5.41, 5.74) is 2.14. The number of pyridine rings is 1. The first-order valence-electron chi connectivity index (χ1n) is 8.15. The average Bonchev–Trinajstić information content (AvgIpc) is 3.21. The summed E-state index contributed by atoms with van der Waals surface area (Å²) >= 11 is 1.60. The maximum Gasteiger partial charge on any atom is 0.275 e. The average molecular weight is 346 g/mol. The molecule has 1 N–H and O–H groups in total. The number of hydrogen-bond acceptors (Lipinski definition) is 4. The van der Waals surface area contributed by atoms with E-state index in [1.165, 1.54) is 0 Å². The van der Waals surface area contributed by atoms with Crippen LogP contribution in [0, 0.1) is 6.92 Å². The van der Waals surface area contributed by atoms with Crippen molar-refractivity contribution in [1.82, 2.24) is 19.6 Å². The molecule has 128 valence electrons. The minimum Gasteiger partial charge on any atom is -0.352 e. The lowest BCUT2D eigenvalue weighted by Crippen LogP contribution is -2.49. The minimum absolute atomic E-state index is 0.0809. The first-order chi connectivity index (χ1) is 11.5. The highest BCUT2D eigenvalue weighted by molar-refractivity contribution is 7.99. The van der Waals surface area contributed by atoms with Crippen molar-refractivity contribution in [2.45, 2.75) is 39.3 Å². The van der Waals surface area contributed by atoms with E-state index in [2.05, 4.69) is 10.3 Å². The van der Waals surface area contributed by atoms with Crippen LogP contribution in [0.2, 0.25) is 0 Å². The number of nitrogens with zero attached hydrogens (tertiary/aromatic N) is 3. The van der Waals surface area contributed by atoms with Crippen LogP contribution < -0.4 is 5.32 Å². The lowest BCUT2D eigenvalue weighted by Gasteiger charge is -2.23. The highest BCUT2D eigenvalue weighted by atomic mass is 32.2. The zero-order chi connectivity index (χ0) is 17.3. The third-order valence-electron chi connectivity index (χ3n) is 4.36. The lowest BCUT2D eigenvalue weighted by molar-refractivity contribution is -0.125. The summed E-state index contributed by atoms with van der Waals surface area (Å²) in [6, 6.07) is 5.44. The fourth-order valence-corrected chi connectivity index (χ4v) is 3.85.